The van der Waals surface area contributed by atoms with Crippen LogP contribution in [0.1, 0.15) is 25.0 Å². The first-order chi connectivity index (χ1) is 7.17. The first-order valence-electron chi connectivity index (χ1n) is 5.23. The molecule has 0 aromatic heterocycles. The van der Waals surface area contributed by atoms with Crippen molar-refractivity contribution in [2.24, 2.45) is 5.92 Å². The van der Waals surface area contributed by atoms with E-state index >= 15 is 0 Å². The molecule has 1 aromatic carbocycles. The number of ether oxygens (including phenoxy) is 1. The summed E-state index contributed by atoms with van der Waals surface area (Å²) in [6.45, 7) is 6.11. The van der Waals surface area contributed by atoms with E-state index in [0.717, 1.165) is 12.2 Å². The van der Waals surface area contributed by atoms with Crippen molar-refractivity contribution < 1.29 is 4.74 Å². The van der Waals surface area contributed by atoms with Crippen LogP contribution in [0.2, 0.25) is 0 Å². The van der Waals surface area contributed by atoms with Crippen molar-refractivity contribution >= 4 is 0 Å². The van der Waals surface area contributed by atoms with Crippen LogP contribution in [-0.2, 0) is 6.42 Å². The molecule has 0 bridgehead atoms. The van der Waals surface area contributed by atoms with Gasteiger partial charge in [0.1, 0.15) is 5.75 Å². The van der Waals surface area contributed by atoms with Gasteiger partial charge in [-0.1, -0.05) is 24.6 Å². The molecule has 0 spiro atoms. The quantitative estimate of drug-likeness (QED) is 0.684. The third-order valence-corrected chi connectivity index (χ3v) is 2.35. The average Bonchev–Trinajstić information content (AvgIpc) is 2.18. The fourth-order valence-electron chi connectivity index (χ4n) is 1.69. The highest BCUT2D eigenvalue weighted by Crippen LogP contribution is 2.22. The van der Waals surface area contributed by atoms with Gasteiger partial charge in [-0.2, -0.15) is 0 Å². The van der Waals surface area contributed by atoms with E-state index in [1.54, 1.807) is 7.11 Å². The van der Waals surface area contributed by atoms with Crippen molar-refractivity contribution in [2.75, 3.05) is 7.11 Å². The Labute approximate surface area is 92.5 Å². The molecule has 0 amide bonds. The fourth-order valence-corrected chi connectivity index (χ4v) is 1.69. The van der Waals surface area contributed by atoms with Crippen LogP contribution < -0.4 is 4.74 Å². The minimum atomic E-state index is 0.380. The molecule has 0 saturated carbocycles. The zero-order valence-electron chi connectivity index (χ0n) is 9.92. The van der Waals surface area contributed by atoms with Gasteiger partial charge in [-0.05, 0) is 31.9 Å². The van der Waals surface area contributed by atoms with Crippen molar-refractivity contribution in [1.82, 2.24) is 0 Å². The molecule has 80 valence electrons. The smallest absolute Gasteiger partial charge is 0.122 e. The second-order valence-corrected chi connectivity index (χ2v) is 3.81. The maximum Gasteiger partial charge on any atom is 0.122 e. The molecule has 0 heterocycles. The molecule has 0 saturated heterocycles. The van der Waals surface area contributed by atoms with Gasteiger partial charge in [-0.3, -0.25) is 0 Å². The van der Waals surface area contributed by atoms with Crippen LogP contribution in [0.25, 0.3) is 0 Å². The number of hydrogen-bond donors (Lipinski definition) is 0. The molecule has 0 aliphatic heterocycles. The molecule has 0 N–H and O–H groups in total. The van der Waals surface area contributed by atoms with Crippen LogP contribution in [0.5, 0.6) is 5.75 Å². The Hall–Kier alpha value is -1.42. The Balaban J connectivity index is 2.90. The van der Waals surface area contributed by atoms with Crippen molar-refractivity contribution in [3.05, 3.63) is 29.3 Å². The van der Waals surface area contributed by atoms with Crippen LogP contribution in [0.4, 0.5) is 0 Å². The first kappa shape index (κ1) is 11.7. The van der Waals surface area contributed by atoms with Crippen molar-refractivity contribution in [1.29, 1.82) is 0 Å². The fraction of sp³-hybridized carbons (Fsp3) is 0.429. The molecule has 0 aliphatic carbocycles. The monoisotopic (exact) mass is 202 g/mol. The summed E-state index contributed by atoms with van der Waals surface area (Å²) in [4.78, 5) is 0. The Kier molecular flexibility index (Phi) is 4.24. The largest absolute Gasteiger partial charge is 0.496 e. The van der Waals surface area contributed by atoms with Crippen LogP contribution >= 0.6 is 0 Å². The minimum Gasteiger partial charge on any atom is -0.496 e. The molecule has 1 heteroatoms. The molecule has 1 aromatic rings. The van der Waals surface area contributed by atoms with Crippen molar-refractivity contribution in [3.63, 3.8) is 0 Å². The van der Waals surface area contributed by atoms with Gasteiger partial charge in [0.2, 0.25) is 0 Å². The van der Waals surface area contributed by atoms with Crippen LogP contribution in [0.15, 0.2) is 18.2 Å². The first-order valence-corrected chi connectivity index (χ1v) is 5.23. The highest BCUT2D eigenvalue weighted by molar-refractivity contribution is 5.37. The van der Waals surface area contributed by atoms with E-state index in [9.17, 15) is 0 Å². The molecular weight excluding hydrogens is 184 g/mol. The van der Waals surface area contributed by atoms with E-state index in [2.05, 4.69) is 37.8 Å². The van der Waals surface area contributed by atoms with Crippen LogP contribution in [-0.4, -0.2) is 7.11 Å². The van der Waals surface area contributed by atoms with Gasteiger partial charge >= 0.3 is 0 Å². The van der Waals surface area contributed by atoms with Crippen molar-refractivity contribution in [3.8, 4) is 17.6 Å². The number of aryl methyl sites for hydroxylation is 1. The topological polar surface area (TPSA) is 9.23 Å². The molecule has 1 atom stereocenters. The van der Waals surface area contributed by atoms with Gasteiger partial charge in [0.15, 0.2) is 0 Å². The van der Waals surface area contributed by atoms with E-state index in [1.807, 2.05) is 13.0 Å². The Bertz CT molecular complexity index is 382. The highest BCUT2D eigenvalue weighted by Gasteiger charge is 2.06. The Morgan fingerprint density at radius 3 is 2.73 bits per heavy atom. The molecule has 1 nitrogen and oxygen atoms in total. The second-order valence-electron chi connectivity index (χ2n) is 3.81. The molecule has 15 heavy (non-hydrogen) atoms. The number of rotatable bonds is 3. The highest BCUT2D eigenvalue weighted by atomic mass is 16.5. The Morgan fingerprint density at radius 1 is 1.40 bits per heavy atom. The standard InChI is InChI=1S/C14H18O/c1-5-6-11(2)9-13-10-12(3)7-8-14(13)15-4/h7-8,10-11H,9H2,1-4H3. The van der Waals surface area contributed by atoms with Crippen LogP contribution in [0.3, 0.4) is 0 Å². The van der Waals surface area contributed by atoms with E-state index in [4.69, 9.17) is 4.74 Å². The third-order valence-electron chi connectivity index (χ3n) is 2.35. The lowest BCUT2D eigenvalue weighted by Gasteiger charge is -2.10. The van der Waals surface area contributed by atoms with Crippen LogP contribution in [0, 0.1) is 24.7 Å². The predicted molar refractivity (Wildman–Crippen MR) is 64.0 cm³/mol. The lowest BCUT2D eigenvalue weighted by molar-refractivity contribution is 0.408. The van der Waals surface area contributed by atoms with Gasteiger partial charge < -0.3 is 4.74 Å². The number of hydrogen-bond acceptors (Lipinski definition) is 1. The lowest BCUT2D eigenvalue weighted by Crippen LogP contribution is -2.00. The summed E-state index contributed by atoms with van der Waals surface area (Å²) in [5.41, 5.74) is 2.51. The summed E-state index contributed by atoms with van der Waals surface area (Å²) in [5, 5.41) is 0. The van der Waals surface area contributed by atoms with Crippen molar-refractivity contribution in [2.45, 2.75) is 27.2 Å². The van der Waals surface area contributed by atoms with Gasteiger partial charge in [0, 0.05) is 5.92 Å². The summed E-state index contributed by atoms with van der Waals surface area (Å²) < 4.78 is 5.33. The minimum absolute atomic E-state index is 0.380. The molecule has 1 unspecified atom stereocenters. The molecule has 0 aliphatic rings. The number of benzene rings is 1. The van der Waals surface area contributed by atoms with E-state index in [0.29, 0.717) is 5.92 Å². The summed E-state index contributed by atoms with van der Waals surface area (Å²) in [7, 11) is 1.71. The zero-order chi connectivity index (χ0) is 11.3. The second kappa shape index (κ2) is 5.46. The van der Waals surface area contributed by atoms with E-state index < -0.39 is 0 Å². The molecule has 1 rings (SSSR count). The van der Waals surface area contributed by atoms with Gasteiger partial charge in [0.05, 0.1) is 7.11 Å². The summed E-state index contributed by atoms with van der Waals surface area (Å²) >= 11 is 0. The zero-order valence-corrected chi connectivity index (χ0v) is 9.92. The average molecular weight is 202 g/mol. The third kappa shape index (κ3) is 3.32. The maximum atomic E-state index is 5.33. The van der Waals surface area contributed by atoms with Gasteiger partial charge in [0.25, 0.3) is 0 Å². The summed E-state index contributed by atoms with van der Waals surface area (Å²) in [6.07, 6.45) is 0.950. The molecule has 0 fully saturated rings. The number of methoxy groups -OCH3 is 1. The SMILES string of the molecule is CC#CC(C)Cc1cc(C)ccc1OC. The molecular formula is C14H18O. The van der Waals surface area contributed by atoms with Gasteiger partial charge in [-0.15, -0.1) is 11.8 Å². The van der Waals surface area contributed by atoms with Gasteiger partial charge in [-0.25, -0.2) is 0 Å². The maximum absolute atomic E-state index is 5.33. The lowest BCUT2D eigenvalue weighted by atomic mass is 9.99. The Morgan fingerprint density at radius 2 is 2.13 bits per heavy atom. The van der Waals surface area contributed by atoms with E-state index in [-0.39, 0.29) is 0 Å². The van der Waals surface area contributed by atoms with E-state index in [1.165, 1.54) is 11.1 Å². The predicted octanol–water partition coefficient (Wildman–Crippen LogP) is 3.21. The normalized spacial score (nSPS) is 11.5. The summed E-state index contributed by atoms with van der Waals surface area (Å²) in [6, 6.07) is 6.27. The summed E-state index contributed by atoms with van der Waals surface area (Å²) in [5.74, 6) is 7.45. The molecule has 0 radical (unpaired) electrons.